The van der Waals surface area contributed by atoms with Gasteiger partial charge in [0.05, 0.1) is 0 Å². The Bertz CT molecular complexity index is 246. The normalized spacial score (nSPS) is 10.0. The van der Waals surface area contributed by atoms with Crippen molar-refractivity contribution < 1.29 is 0 Å². The Morgan fingerprint density at radius 2 is 2.44 bits per heavy atom. The lowest BCUT2D eigenvalue weighted by Crippen LogP contribution is -2.09. The summed E-state index contributed by atoms with van der Waals surface area (Å²) in [6.07, 6.45) is 2.01. The largest absolute Gasteiger partial charge is 0.324 e. The highest BCUT2D eigenvalue weighted by Crippen LogP contribution is 1.98. The van der Waals surface area contributed by atoms with Crippen LogP contribution < -0.4 is 4.80 Å². The minimum atomic E-state index is 0.648. The van der Waals surface area contributed by atoms with E-state index in [4.69, 9.17) is 5.41 Å². The van der Waals surface area contributed by atoms with Gasteiger partial charge in [0.15, 0.2) is 4.80 Å². The fourth-order valence-corrected chi connectivity index (χ4v) is 1.53. The number of nitrogens with zero attached hydrogens (tertiary/aromatic N) is 1. The van der Waals surface area contributed by atoms with Crippen LogP contribution in [0.15, 0.2) is 6.20 Å². The van der Waals surface area contributed by atoms with Gasteiger partial charge < -0.3 is 4.57 Å². The monoisotopic (exact) mass is 142 g/mol. The van der Waals surface area contributed by atoms with Crippen LogP contribution in [0.1, 0.15) is 11.8 Å². The van der Waals surface area contributed by atoms with E-state index in [9.17, 15) is 0 Å². The molecule has 0 atom stereocenters. The van der Waals surface area contributed by atoms with Crippen molar-refractivity contribution in [1.82, 2.24) is 4.57 Å². The molecule has 0 aromatic carbocycles. The van der Waals surface area contributed by atoms with E-state index >= 15 is 0 Å². The van der Waals surface area contributed by atoms with Crippen LogP contribution in [0, 0.1) is 12.3 Å². The number of aromatic nitrogens is 1. The van der Waals surface area contributed by atoms with Crippen LogP contribution in [-0.4, -0.2) is 4.57 Å². The van der Waals surface area contributed by atoms with E-state index in [1.165, 1.54) is 16.2 Å². The lowest BCUT2D eigenvalue weighted by molar-refractivity contribution is 0.726. The number of thiazole rings is 1. The molecule has 1 rings (SSSR count). The van der Waals surface area contributed by atoms with Crippen molar-refractivity contribution in [2.75, 3.05) is 0 Å². The maximum atomic E-state index is 7.37. The summed E-state index contributed by atoms with van der Waals surface area (Å²) >= 11 is 1.52. The summed E-state index contributed by atoms with van der Waals surface area (Å²) in [5.41, 5.74) is 0. The van der Waals surface area contributed by atoms with Gasteiger partial charge >= 0.3 is 0 Å². The molecule has 0 bridgehead atoms. The van der Waals surface area contributed by atoms with Crippen LogP contribution >= 0.6 is 11.3 Å². The Morgan fingerprint density at radius 1 is 1.78 bits per heavy atom. The van der Waals surface area contributed by atoms with Gasteiger partial charge in [0, 0.05) is 17.6 Å². The summed E-state index contributed by atoms with van der Waals surface area (Å²) in [5.74, 6) is 0. The maximum Gasteiger partial charge on any atom is 0.182 e. The van der Waals surface area contributed by atoms with Gasteiger partial charge in [-0.05, 0) is 13.8 Å². The average molecular weight is 142 g/mol. The number of rotatable bonds is 1. The van der Waals surface area contributed by atoms with Crippen molar-refractivity contribution in [3.63, 3.8) is 0 Å². The molecule has 0 aliphatic rings. The smallest absolute Gasteiger partial charge is 0.182 e. The first-order valence-electron chi connectivity index (χ1n) is 2.95. The van der Waals surface area contributed by atoms with Crippen molar-refractivity contribution in [2.24, 2.45) is 0 Å². The average Bonchev–Trinajstić information content (AvgIpc) is 2.10. The van der Waals surface area contributed by atoms with Gasteiger partial charge in [-0.25, -0.2) is 0 Å². The molecule has 0 aliphatic heterocycles. The molecule has 0 unspecified atom stereocenters. The third kappa shape index (κ3) is 1.21. The third-order valence-electron chi connectivity index (χ3n) is 1.20. The van der Waals surface area contributed by atoms with E-state index in [0.29, 0.717) is 4.80 Å². The standard InChI is InChI=1S/C6H10N2S/c1-3-8-4-5(2)9-6(8)7/h4,7H,3H2,1-2H3. The minimum absolute atomic E-state index is 0.648. The third-order valence-corrected chi connectivity index (χ3v) is 2.05. The highest BCUT2D eigenvalue weighted by atomic mass is 32.1. The zero-order chi connectivity index (χ0) is 6.85. The summed E-state index contributed by atoms with van der Waals surface area (Å²) in [4.78, 5) is 1.86. The lowest BCUT2D eigenvalue weighted by atomic mass is 10.6. The first-order valence-corrected chi connectivity index (χ1v) is 3.77. The Labute approximate surface area is 58.3 Å². The molecule has 0 aliphatic carbocycles. The molecular formula is C6H10N2S. The molecule has 0 radical (unpaired) electrons. The van der Waals surface area contributed by atoms with Crippen LogP contribution in [0.2, 0.25) is 0 Å². The predicted molar refractivity (Wildman–Crippen MR) is 38.6 cm³/mol. The van der Waals surface area contributed by atoms with Crippen LogP contribution in [0.4, 0.5) is 0 Å². The van der Waals surface area contributed by atoms with Gasteiger partial charge in [0.1, 0.15) is 0 Å². The minimum Gasteiger partial charge on any atom is -0.324 e. The zero-order valence-corrected chi connectivity index (χ0v) is 6.46. The molecule has 0 amide bonds. The lowest BCUT2D eigenvalue weighted by Gasteiger charge is -1.90. The molecule has 9 heavy (non-hydrogen) atoms. The van der Waals surface area contributed by atoms with Crippen molar-refractivity contribution >= 4 is 11.3 Å². The number of aryl methyl sites for hydroxylation is 2. The van der Waals surface area contributed by atoms with Gasteiger partial charge in [-0.1, -0.05) is 0 Å². The second-order valence-corrected chi connectivity index (χ2v) is 3.17. The fraction of sp³-hybridized carbons (Fsp3) is 0.500. The van der Waals surface area contributed by atoms with Gasteiger partial charge in [0.25, 0.3) is 0 Å². The van der Waals surface area contributed by atoms with Gasteiger partial charge in [-0.15, -0.1) is 11.3 Å². The predicted octanol–water partition coefficient (Wildman–Crippen LogP) is 1.36. The van der Waals surface area contributed by atoms with Crippen LogP contribution in [0.25, 0.3) is 0 Å². The molecule has 0 saturated carbocycles. The van der Waals surface area contributed by atoms with E-state index in [1.807, 2.05) is 24.6 Å². The molecule has 2 nitrogen and oxygen atoms in total. The molecular weight excluding hydrogens is 132 g/mol. The van der Waals surface area contributed by atoms with Gasteiger partial charge in [-0.2, -0.15) is 0 Å². The molecule has 1 N–H and O–H groups in total. The second-order valence-electron chi connectivity index (χ2n) is 1.93. The summed E-state index contributed by atoms with van der Waals surface area (Å²) in [6, 6.07) is 0. The number of hydrogen-bond donors (Lipinski definition) is 1. The van der Waals surface area contributed by atoms with Crippen LogP contribution in [0.5, 0.6) is 0 Å². The summed E-state index contributed by atoms with van der Waals surface area (Å²) in [5, 5.41) is 7.37. The number of hydrogen-bond acceptors (Lipinski definition) is 2. The molecule has 0 saturated heterocycles. The molecule has 3 heteroatoms. The van der Waals surface area contributed by atoms with Gasteiger partial charge in [-0.3, -0.25) is 5.41 Å². The van der Waals surface area contributed by atoms with E-state index < -0.39 is 0 Å². The Balaban J connectivity index is 3.16. The highest BCUT2D eigenvalue weighted by Gasteiger charge is 1.91. The fourth-order valence-electron chi connectivity index (χ4n) is 0.750. The number of nitrogens with one attached hydrogen (secondary N) is 1. The zero-order valence-electron chi connectivity index (χ0n) is 5.64. The molecule has 0 spiro atoms. The Morgan fingerprint density at radius 3 is 2.67 bits per heavy atom. The van der Waals surface area contributed by atoms with E-state index in [1.54, 1.807) is 0 Å². The Hall–Kier alpha value is -0.570. The van der Waals surface area contributed by atoms with E-state index in [0.717, 1.165) is 6.54 Å². The van der Waals surface area contributed by atoms with E-state index in [-0.39, 0.29) is 0 Å². The summed E-state index contributed by atoms with van der Waals surface area (Å²) in [7, 11) is 0. The van der Waals surface area contributed by atoms with Crippen molar-refractivity contribution in [2.45, 2.75) is 20.4 Å². The van der Waals surface area contributed by atoms with Crippen molar-refractivity contribution in [3.05, 3.63) is 15.9 Å². The first-order chi connectivity index (χ1) is 4.24. The van der Waals surface area contributed by atoms with Crippen molar-refractivity contribution in [3.8, 4) is 0 Å². The van der Waals surface area contributed by atoms with Crippen LogP contribution in [0.3, 0.4) is 0 Å². The molecule has 1 aromatic rings. The summed E-state index contributed by atoms with van der Waals surface area (Å²) in [6.45, 7) is 4.97. The maximum absolute atomic E-state index is 7.37. The van der Waals surface area contributed by atoms with Crippen molar-refractivity contribution in [1.29, 1.82) is 5.41 Å². The van der Waals surface area contributed by atoms with Gasteiger partial charge in [0.2, 0.25) is 0 Å². The molecule has 50 valence electrons. The van der Waals surface area contributed by atoms with Crippen LogP contribution in [-0.2, 0) is 6.54 Å². The summed E-state index contributed by atoms with van der Waals surface area (Å²) < 4.78 is 1.93. The Kier molecular flexibility index (Phi) is 1.71. The molecule has 0 fully saturated rings. The highest BCUT2D eigenvalue weighted by molar-refractivity contribution is 7.09. The topological polar surface area (TPSA) is 28.8 Å². The SMILES string of the molecule is CCn1cc(C)sc1=N. The van der Waals surface area contributed by atoms with E-state index in [2.05, 4.69) is 0 Å². The quantitative estimate of drug-likeness (QED) is 0.613. The molecule has 1 heterocycles. The second kappa shape index (κ2) is 2.35. The molecule has 1 aromatic heterocycles. The first kappa shape index (κ1) is 6.55.